The van der Waals surface area contributed by atoms with E-state index in [1.54, 1.807) is 4.90 Å². The molecule has 2 amide bonds. The Balaban J connectivity index is 1.54. The van der Waals surface area contributed by atoms with Crippen molar-refractivity contribution in [2.24, 2.45) is 5.92 Å². The standard InChI is InChI=1S/C24H31N3O3/c1-19(2)18-30-24(29)27-14-8-13-26(15-16-27)17-23(28)25-22-12-7-6-11-21(22)20-9-4-3-5-10-20/h3-7,9-12,19H,8,13-18H2,1-2H3,(H,25,28). The molecule has 1 fully saturated rings. The normalized spacial score (nSPS) is 15.0. The van der Waals surface area contributed by atoms with Crippen LogP contribution in [-0.2, 0) is 9.53 Å². The minimum atomic E-state index is -0.258. The highest BCUT2D eigenvalue weighted by atomic mass is 16.6. The summed E-state index contributed by atoms with van der Waals surface area (Å²) in [5.41, 5.74) is 2.88. The maximum atomic E-state index is 12.7. The number of amides is 2. The number of ether oxygens (including phenoxy) is 1. The molecule has 1 saturated heterocycles. The summed E-state index contributed by atoms with van der Waals surface area (Å²) in [7, 11) is 0. The van der Waals surface area contributed by atoms with E-state index in [0.717, 1.165) is 29.8 Å². The number of para-hydroxylation sites is 1. The zero-order chi connectivity index (χ0) is 21.3. The van der Waals surface area contributed by atoms with Gasteiger partial charge in [0, 0.05) is 37.4 Å². The number of carbonyl (C=O) groups excluding carboxylic acids is 2. The summed E-state index contributed by atoms with van der Waals surface area (Å²) >= 11 is 0. The van der Waals surface area contributed by atoms with Crippen molar-refractivity contribution in [1.82, 2.24) is 9.80 Å². The molecule has 6 nitrogen and oxygen atoms in total. The number of nitrogens with zero attached hydrogens (tertiary/aromatic N) is 2. The molecule has 30 heavy (non-hydrogen) atoms. The monoisotopic (exact) mass is 409 g/mol. The summed E-state index contributed by atoms with van der Waals surface area (Å²) in [5.74, 6) is 0.272. The van der Waals surface area contributed by atoms with Crippen LogP contribution in [0.1, 0.15) is 20.3 Å². The Kier molecular flexibility index (Phi) is 7.85. The van der Waals surface area contributed by atoms with E-state index < -0.39 is 0 Å². The molecule has 0 unspecified atom stereocenters. The van der Waals surface area contributed by atoms with Crippen molar-refractivity contribution in [3.63, 3.8) is 0 Å². The van der Waals surface area contributed by atoms with Gasteiger partial charge < -0.3 is 15.0 Å². The molecule has 0 radical (unpaired) electrons. The summed E-state index contributed by atoms with van der Waals surface area (Å²) in [6.07, 6.45) is 0.566. The Morgan fingerprint density at radius 2 is 1.70 bits per heavy atom. The molecule has 1 aliphatic heterocycles. The molecule has 0 spiro atoms. The number of nitrogens with one attached hydrogen (secondary N) is 1. The summed E-state index contributed by atoms with van der Waals surface area (Å²) in [5, 5.41) is 3.06. The minimum Gasteiger partial charge on any atom is -0.449 e. The van der Waals surface area contributed by atoms with E-state index in [1.165, 1.54) is 0 Å². The summed E-state index contributed by atoms with van der Waals surface area (Å²) in [6.45, 7) is 7.45. The van der Waals surface area contributed by atoms with Crippen LogP contribution in [0.2, 0.25) is 0 Å². The van der Waals surface area contributed by atoms with Crippen LogP contribution in [0.4, 0.5) is 10.5 Å². The first kappa shape index (κ1) is 21.8. The molecule has 1 aliphatic rings. The molecule has 1 N–H and O–H groups in total. The van der Waals surface area contributed by atoms with E-state index >= 15 is 0 Å². The zero-order valence-electron chi connectivity index (χ0n) is 17.8. The molecule has 160 valence electrons. The van der Waals surface area contributed by atoms with Gasteiger partial charge in [-0.25, -0.2) is 4.79 Å². The van der Waals surface area contributed by atoms with Crippen LogP contribution in [0.3, 0.4) is 0 Å². The van der Waals surface area contributed by atoms with Crippen LogP contribution >= 0.6 is 0 Å². The SMILES string of the molecule is CC(C)COC(=O)N1CCCN(CC(=O)Nc2ccccc2-c2ccccc2)CC1. The zero-order valence-corrected chi connectivity index (χ0v) is 17.8. The van der Waals surface area contributed by atoms with Gasteiger partial charge in [-0.2, -0.15) is 0 Å². The fourth-order valence-corrected chi connectivity index (χ4v) is 3.50. The molecular formula is C24H31N3O3. The lowest BCUT2D eigenvalue weighted by atomic mass is 10.0. The molecule has 0 aromatic heterocycles. The lowest BCUT2D eigenvalue weighted by molar-refractivity contribution is -0.117. The maximum absolute atomic E-state index is 12.7. The highest BCUT2D eigenvalue weighted by molar-refractivity contribution is 5.96. The highest BCUT2D eigenvalue weighted by Crippen LogP contribution is 2.27. The van der Waals surface area contributed by atoms with Gasteiger partial charge in [0.1, 0.15) is 0 Å². The van der Waals surface area contributed by atoms with Gasteiger partial charge in [-0.1, -0.05) is 62.4 Å². The van der Waals surface area contributed by atoms with Crippen LogP contribution < -0.4 is 5.32 Å². The van der Waals surface area contributed by atoms with Crippen LogP contribution in [0, 0.1) is 5.92 Å². The third-order valence-electron chi connectivity index (χ3n) is 5.04. The Labute approximate surface area is 178 Å². The van der Waals surface area contributed by atoms with Gasteiger partial charge in [0.2, 0.25) is 5.91 Å². The molecular weight excluding hydrogens is 378 g/mol. The minimum absolute atomic E-state index is 0.0470. The second kappa shape index (κ2) is 10.8. The lowest BCUT2D eigenvalue weighted by Gasteiger charge is -2.22. The smallest absolute Gasteiger partial charge is 0.409 e. The quantitative estimate of drug-likeness (QED) is 0.781. The van der Waals surface area contributed by atoms with Crippen molar-refractivity contribution >= 4 is 17.7 Å². The molecule has 0 saturated carbocycles. The molecule has 1 heterocycles. The van der Waals surface area contributed by atoms with Crippen LogP contribution in [0.5, 0.6) is 0 Å². The Hall–Kier alpha value is -2.86. The van der Waals surface area contributed by atoms with Crippen LogP contribution in [0.25, 0.3) is 11.1 Å². The highest BCUT2D eigenvalue weighted by Gasteiger charge is 2.22. The number of hydrogen-bond donors (Lipinski definition) is 1. The Morgan fingerprint density at radius 3 is 2.47 bits per heavy atom. The molecule has 2 aromatic carbocycles. The van der Waals surface area contributed by atoms with E-state index in [0.29, 0.717) is 38.7 Å². The third-order valence-corrected chi connectivity index (χ3v) is 5.04. The number of benzene rings is 2. The first-order valence-electron chi connectivity index (χ1n) is 10.6. The molecule has 2 aromatic rings. The second-order valence-electron chi connectivity index (χ2n) is 8.05. The summed E-state index contributed by atoms with van der Waals surface area (Å²) in [4.78, 5) is 28.7. The van der Waals surface area contributed by atoms with E-state index in [-0.39, 0.29) is 12.0 Å². The fraction of sp³-hybridized carbons (Fsp3) is 0.417. The molecule has 0 bridgehead atoms. The molecule has 0 aliphatic carbocycles. The topological polar surface area (TPSA) is 61.9 Å². The largest absolute Gasteiger partial charge is 0.449 e. The van der Waals surface area contributed by atoms with Crippen molar-refractivity contribution in [1.29, 1.82) is 0 Å². The van der Waals surface area contributed by atoms with E-state index in [2.05, 4.69) is 10.2 Å². The van der Waals surface area contributed by atoms with Crippen molar-refractivity contribution in [2.45, 2.75) is 20.3 Å². The number of hydrogen-bond acceptors (Lipinski definition) is 4. The van der Waals surface area contributed by atoms with Gasteiger partial charge in [0.05, 0.1) is 13.2 Å². The first-order valence-corrected chi connectivity index (χ1v) is 10.6. The predicted octanol–water partition coefficient (Wildman–Crippen LogP) is 4.09. The van der Waals surface area contributed by atoms with Crippen LogP contribution in [0.15, 0.2) is 54.6 Å². The Morgan fingerprint density at radius 1 is 0.967 bits per heavy atom. The average molecular weight is 410 g/mol. The van der Waals surface area contributed by atoms with Gasteiger partial charge in [-0.15, -0.1) is 0 Å². The second-order valence-corrected chi connectivity index (χ2v) is 8.05. The maximum Gasteiger partial charge on any atom is 0.409 e. The number of rotatable bonds is 6. The summed E-state index contributed by atoms with van der Waals surface area (Å²) in [6, 6.07) is 17.9. The first-order chi connectivity index (χ1) is 14.5. The lowest BCUT2D eigenvalue weighted by Crippen LogP contribution is -2.38. The third kappa shape index (κ3) is 6.32. The van der Waals surface area contributed by atoms with Crippen molar-refractivity contribution in [3.05, 3.63) is 54.6 Å². The van der Waals surface area contributed by atoms with Gasteiger partial charge in [0.25, 0.3) is 0 Å². The molecule has 3 rings (SSSR count). The van der Waals surface area contributed by atoms with Gasteiger partial charge >= 0.3 is 6.09 Å². The number of carbonyl (C=O) groups is 2. The predicted molar refractivity (Wildman–Crippen MR) is 119 cm³/mol. The summed E-state index contributed by atoms with van der Waals surface area (Å²) < 4.78 is 5.34. The van der Waals surface area contributed by atoms with E-state index in [9.17, 15) is 9.59 Å². The molecule has 6 heteroatoms. The van der Waals surface area contributed by atoms with Crippen molar-refractivity contribution in [2.75, 3.05) is 44.6 Å². The van der Waals surface area contributed by atoms with Gasteiger partial charge in [0.15, 0.2) is 0 Å². The fourth-order valence-electron chi connectivity index (χ4n) is 3.50. The van der Waals surface area contributed by atoms with Crippen molar-refractivity contribution < 1.29 is 14.3 Å². The van der Waals surface area contributed by atoms with Gasteiger partial charge in [-0.05, 0) is 24.0 Å². The molecule has 0 atom stereocenters. The van der Waals surface area contributed by atoms with E-state index in [1.807, 2.05) is 68.4 Å². The van der Waals surface area contributed by atoms with Crippen LogP contribution in [-0.4, -0.2) is 61.1 Å². The van der Waals surface area contributed by atoms with Crippen molar-refractivity contribution in [3.8, 4) is 11.1 Å². The Bertz CT molecular complexity index is 839. The van der Waals surface area contributed by atoms with E-state index in [4.69, 9.17) is 4.74 Å². The average Bonchev–Trinajstić information content (AvgIpc) is 2.98. The van der Waals surface area contributed by atoms with Gasteiger partial charge in [-0.3, -0.25) is 9.69 Å². The number of anilines is 1.